The van der Waals surface area contributed by atoms with Crippen LogP contribution in [0, 0.1) is 6.92 Å². The summed E-state index contributed by atoms with van der Waals surface area (Å²) in [6.07, 6.45) is 5.94. The van der Waals surface area contributed by atoms with E-state index < -0.39 is 6.55 Å². The Morgan fingerprint density at radius 1 is 0.939 bits per heavy atom. The number of hydrogen-bond donors (Lipinski definition) is 0. The first-order valence-corrected chi connectivity index (χ1v) is 10.1. The molecule has 0 N–H and O–H groups in total. The molecule has 9 heteroatoms. The van der Waals surface area contributed by atoms with Crippen molar-refractivity contribution in [3.63, 3.8) is 0 Å². The molecule has 2 aromatic carbocycles. The van der Waals surface area contributed by atoms with Gasteiger partial charge in [-0.05, 0) is 48.4 Å². The number of alkyl halides is 2. The highest BCUT2D eigenvalue weighted by Crippen LogP contribution is 2.25. The van der Waals surface area contributed by atoms with E-state index in [1.165, 1.54) is 18.5 Å². The minimum Gasteiger partial charge on any atom is -0.287 e. The summed E-state index contributed by atoms with van der Waals surface area (Å²) in [5.41, 5.74) is 4.39. The SMILES string of the molecule is Cc1cc(-c2cnn(C(F)F)c2)ccc1-n1ccc(=O)c(-c2ccnn2-c2ccccc2)n1. The number of para-hydroxylation sites is 1. The monoisotopic (exact) mass is 444 g/mol. The van der Waals surface area contributed by atoms with Crippen molar-refractivity contribution in [1.29, 1.82) is 0 Å². The lowest BCUT2D eigenvalue weighted by atomic mass is 10.1. The van der Waals surface area contributed by atoms with Crippen LogP contribution >= 0.6 is 0 Å². The van der Waals surface area contributed by atoms with Crippen LogP contribution in [0.2, 0.25) is 0 Å². The van der Waals surface area contributed by atoms with Crippen LogP contribution in [0.4, 0.5) is 8.78 Å². The molecule has 5 rings (SSSR count). The second-order valence-electron chi connectivity index (χ2n) is 7.42. The summed E-state index contributed by atoms with van der Waals surface area (Å²) < 4.78 is 29.6. The third-order valence-corrected chi connectivity index (χ3v) is 5.27. The highest BCUT2D eigenvalue weighted by molar-refractivity contribution is 5.65. The van der Waals surface area contributed by atoms with Crippen molar-refractivity contribution in [3.8, 4) is 33.9 Å². The Morgan fingerprint density at radius 3 is 2.48 bits per heavy atom. The second-order valence-corrected chi connectivity index (χ2v) is 7.42. The van der Waals surface area contributed by atoms with Gasteiger partial charge in [0, 0.05) is 24.0 Å². The Hall–Kier alpha value is -4.40. The predicted octanol–water partition coefficient (Wildman–Crippen LogP) is 4.65. The molecule has 0 saturated heterocycles. The molecule has 33 heavy (non-hydrogen) atoms. The van der Waals surface area contributed by atoms with E-state index in [4.69, 9.17) is 0 Å². The Bertz CT molecular complexity index is 1490. The van der Waals surface area contributed by atoms with Gasteiger partial charge >= 0.3 is 6.55 Å². The van der Waals surface area contributed by atoms with Gasteiger partial charge in [-0.3, -0.25) is 4.79 Å². The van der Waals surface area contributed by atoms with E-state index in [0.717, 1.165) is 22.5 Å². The summed E-state index contributed by atoms with van der Waals surface area (Å²) in [6, 6.07) is 18.2. The van der Waals surface area contributed by atoms with Crippen LogP contribution in [0.1, 0.15) is 12.1 Å². The highest BCUT2D eigenvalue weighted by Gasteiger charge is 2.15. The normalized spacial score (nSPS) is 11.3. The van der Waals surface area contributed by atoms with Gasteiger partial charge in [-0.15, -0.1) is 0 Å². The quantitative estimate of drug-likeness (QED) is 0.396. The summed E-state index contributed by atoms with van der Waals surface area (Å²) in [5, 5.41) is 12.6. The van der Waals surface area contributed by atoms with Crippen LogP contribution < -0.4 is 5.43 Å². The van der Waals surface area contributed by atoms with Gasteiger partial charge in [0.25, 0.3) is 0 Å². The average Bonchev–Trinajstić information content (AvgIpc) is 3.51. The summed E-state index contributed by atoms with van der Waals surface area (Å²) in [5.74, 6) is 0. The largest absolute Gasteiger partial charge is 0.333 e. The minimum atomic E-state index is -2.69. The van der Waals surface area contributed by atoms with Crippen molar-refractivity contribution in [2.24, 2.45) is 0 Å². The molecule has 0 aliphatic carbocycles. The third-order valence-electron chi connectivity index (χ3n) is 5.27. The Labute approximate surface area is 187 Å². The topological polar surface area (TPSA) is 70.5 Å². The molecule has 3 aromatic heterocycles. The summed E-state index contributed by atoms with van der Waals surface area (Å²) in [6.45, 7) is -0.795. The van der Waals surface area contributed by atoms with Crippen LogP contribution in [0.5, 0.6) is 0 Å². The van der Waals surface area contributed by atoms with Crippen molar-refractivity contribution >= 4 is 0 Å². The van der Waals surface area contributed by atoms with Crippen LogP contribution in [0.25, 0.3) is 33.9 Å². The van der Waals surface area contributed by atoms with Crippen molar-refractivity contribution in [1.82, 2.24) is 29.3 Å². The smallest absolute Gasteiger partial charge is 0.287 e. The lowest BCUT2D eigenvalue weighted by Gasteiger charge is -2.12. The minimum absolute atomic E-state index is 0.224. The van der Waals surface area contributed by atoms with Crippen LogP contribution in [0.3, 0.4) is 0 Å². The van der Waals surface area contributed by atoms with Crippen LogP contribution in [-0.2, 0) is 0 Å². The second kappa shape index (κ2) is 8.27. The lowest BCUT2D eigenvalue weighted by Crippen LogP contribution is -2.15. The fourth-order valence-corrected chi connectivity index (χ4v) is 3.66. The standard InChI is InChI=1S/C24H18F2N6O/c1-16-13-17(18-14-28-31(15-18)24(25)26)7-8-20(16)30-12-10-22(33)23(29-30)21-9-11-27-32(21)19-5-3-2-4-6-19/h2-15,24H,1H3. The molecule has 0 spiro atoms. The summed E-state index contributed by atoms with van der Waals surface area (Å²) >= 11 is 0. The van der Waals surface area contributed by atoms with E-state index in [0.29, 0.717) is 15.9 Å². The maximum absolute atomic E-state index is 12.8. The van der Waals surface area contributed by atoms with Crippen molar-refractivity contribution < 1.29 is 8.78 Å². The van der Waals surface area contributed by atoms with Gasteiger partial charge in [0.2, 0.25) is 5.43 Å². The molecule has 0 aliphatic rings. The van der Waals surface area contributed by atoms with Gasteiger partial charge < -0.3 is 0 Å². The highest BCUT2D eigenvalue weighted by atomic mass is 19.3. The molecule has 0 atom stereocenters. The molecular formula is C24H18F2N6O. The van der Waals surface area contributed by atoms with Crippen molar-refractivity contribution in [2.75, 3.05) is 0 Å². The van der Waals surface area contributed by atoms with E-state index in [9.17, 15) is 13.6 Å². The van der Waals surface area contributed by atoms with Gasteiger partial charge in [-0.2, -0.15) is 24.1 Å². The number of benzene rings is 2. The fraction of sp³-hybridized carbons (Fsp3) is 0.0833. The number of aryl methyl sites for hydroxylation is 1. The van der Waals surface area contributed by atoms with Crippen molar-refractivity contribution in [3.05, 3.63) is 101 Å². The maximum atomic E-state index is 12.8. The fourth-order valence-electron chi connectivity index (χ4n) is 3.66. The summed E-state index contributed by atoms with van der Waals surface area (Å²) in [7, 11) is 0. The molecule has 0 unspecified atom stereocenters. The molecular weight excluding hydrogens is 426 g/mol. The zero-order valence-electron chi connectivity index (χ0n) is 17.5. The zero-order chi connectivity index (χ0) is 22.9. The van der Waals surface area contributed by atoms with Crippen LogP contribution in [-0.4, -0.2) is 29.3 Å². The molecule has 7 nitrogen and oxygen atoms in total. The third kappa shape index (κ3) is 3.84. The first-order chi connectivity index (χ1) is 16.0. The Kier molecular flexibility index (Phi) is 5.14. The van der Waals surface area contributed by atoms with E-state index >= 15 is 0 Å². The molecule has 164 valence electrons. The molecule has 5 aromatic rings. The van der Waals surface area contributed by atoms with Gasteiger partial charge in [0.1, 0.15) is 0 Å². The number of hydrogen-bond acceptors (Lipinski definition) is 4. The molecule has 3 heterocycles. The van der Waals surface area contributed by atoms with E-state index in [2.05, 4.69) is 15.3 Å². The molecule has 0 saturated carbocycles. The lowest BCUT2D eigenvalue weighted by molar-refractivity contribution is 0.0566. The first-order valence-electron chi connectivity index (χ1n) is 10.1. The summed E-state index contributed by atoms with van der Waals surface area (Å²) in [4.78, 5) is 12.7. The van der Waals surface area contributed by atoms with Gasteiger partial charge in [-0.25, -0.2) is 14.0 Å². The molecule has 0 aliphatic heterocycles. The average molecular weight is 444 g/mol. The Morgan fingerprint density at radius 2 is 1.76 bits per heavy atom. The van der Waals surface area contributed by atoms with E-state index in [1.807, 2.05) is 55.5 Å². The zero-order valence-corrected chi connectivity index (χ0v) is 17.5. The number of rotatable bonds is 5. The predicted molar refractivity (Wildman–Crippen MR) is 120 cm³/mol. The first kappa shape index (κ1) is 20.5. The number of nitrogens with zero attached hydrogens (tertiary/aromatic N) is 6. The van der Waals surface area contributed by atoms with Crippen LogP contribution in [0.15, 0.2) is 90.2 Å². The number of halogens is 2. The molecule has 0 fully saturated rings. The number of aromatic nitrogens is 6. The molecule has 0 bridgehead atoms. The van der Waals surface area contributed by atoms with Gasteiger partial charge in [-0.1, -0.05) is 24.3 Å². The van der Waals surface area contributed by atoms with Gasteiger partial charge in [0.05, 0.1) is 29.5 Å². The van der Waals surface area contributed by atoms with E-state index in [1.54, 1.807) is 27.8 Å². The van der Waals surface area contributed by atoms with Gasteiger partial charge in [0.15, 0.2) is 5.69 Å². The Balaban J connectivity index is 1.54. The maximum Gasteiger partial charge on any atom is 0.333 e. The molecule has 0 radical (unpaired) electrons. The van der Waals surface area contributed by atoms with E-state index in [-0.39, 0.29) is 11.1 Å². The van der Waals surface area contributed by atoms with Crippen molar-refractivity contribution in [2.45, 2.75) is 13.5 Å². The molecule has 0 amide bonds.